The van der Waals surface area contributed by atoms with Crippen LogP contribution >= 0.6 is 0 Å². The number of hydrogen-bond donors (Lipinski definition) is 1. The first-order chi connectivity index (χ1) is 6.40. The van der Waals surface area contributed by atoms with Crippen molar-refractivity contribution in [2.75, 3.05) is 19.6 Å². The molecular weight excluding hydrogens is 160 g/mol. The van der Waals surface area contributed by atoms with Gasteiger partial charge in [0.25, 0.3) is 0 Å². The van der Waals surface area contributed by atoms with Crippen molar-refractivity contribution in [3.05, 3.63) is 0 Å². The molecule has 1 saturated heterocycles. The molecule has 0 radical (unpaired) electrons. The van der Waals surface area contributed by atoms with Gasteiger partial charge in [-0.05, 0) is 44.7 Å². The zero-order valence-electron chi connectivity index (χ0n) is 8.54. The van der Waals surface area contributed by atoms with Gasteiger partial charge in [0.2, 0.25) is 0 Å². The second-order valence-corrected chi connectivity index (χ2v) is 4.67. The second-order valence-electron chi connectivity index (χ2n) is 4.67. The fourth-order valence-corrected chi connectivity index (χ4v) is 2.93. The molecule has 2 N–H and O–H groups in total. The van der Waals surface area contributed by atoms with Crippen molar-refractivity contribution in [3.63, 3.8) is 0 Å². The van der Waals surface area contributed by atoms with E-state index in [1.165, 1.54) is 51.6 Å². The average molecular weight is 182 g/mol. The van der Waals surface area contributed by atoms with Crippen molar-refractivity contribution < 1.29 is 0 Å². The van der Waals surface area contributed by atoms with E-state index in [9.17, 15) is 0 Å². The molecule has 0 amide bonds. The molecule has 1 unspecified atom stereocenters. The summed E-state index contributed by atoms with van der Waals surface area (Å²) in [6.45, 7) is 3.56. The highest BCUT2D eigenvalue weighted by atomic mass is 15.2. The van der Waals surface area contributed by atoms with Gasteiger partial charge in [0.15, 0.2) is 0 Å². The van der Waals surface area contributed by atoms with Gasteiger partial charge in [0.1, 0.15) is 0 Å². The Morgan fingerprint density at radius 1 is 1.15 bits per heavy atom. The molecular formula is C11H22N2. The molecule has 2 rings (SSSR count). The first-order valence-corrected chi connectivity index (χ1v) is 5.84. The monoisotopic (exact) mass is 182 g/mol. The van der Waals surface area contributed by atoms with E-state index in [0.717, 1.165) is 18.5 Å². The molecule has 2 nitrogen and oxygen atoms in total. The number of nitrogens with zero attached hydrogens (tertiary/aromatic N) is 1. The zero-order chi connectivity index (χ0) is 9.10. The van der Waals surface area contributed by atoms with Crippen LogP contribution in [0, 0.1) is 5.92 Å². The van der Waals surface area contributed by atoms with Crippen LogP contribution < -0.4 is 5.73 Å². The lowest BCUT2D eigenvalue weighted by atomic mass is 10.1. The Hall–Kier alpha value is -0.0800. The van der Waals surface area contributed by atoms with Crippen LogP contribution in [0.2, 0.25) is 0 Å². The Labute approximate surface area is 81.5 Å². The molecule has 76 valence electrons. The molecule has 1 aliphatic carbocycles. The van der Waals surface area contributed by atoms with Crippen LogP contribution in [0.25, 0.3) is 0 Å². The van der Waals surface area contributed by atoms with Crippen molar-refractivity contribution in [2.45, 2.75) is 44.6 Å². The third-order valence-corrected chi connectivity index (χ3v) is 3.73. The van der Waals surface area contributed by atoms with Crippen molar-refractivity contribution in [1.29, 1.82) is 0 Å². The van der Waals surface area contributed by atoms with Gasteiger partial charge in [-0.25, -0.2) is 0 Å². The molecule has 0 aromatic rings. The molecule has 0 spiro atoms. The first kappa shape index (κ1) is 9.47. The van der Waals surface area contributed by atoms with E-state index in [0.29, 0.717) is 0 Å². The maximum absolute atomic E-state index is 5.59. The van der Waals surface area contributed by atoms with Crippen LogP contribution in [0.4, 0.5) is 0 Å². The number of nitrogens with two attached hydrogens (primary N) is 1. The Morgan fingerprint density at radius 3 is 2.62 bits per heavy atom. The van der Waals surface area contributed by atoms with Crippen molar-refractivity contribution in [1.82, 2.24) is 4.90 Å². The lowest BCUT2D eigenvalue weighted by molar-refractivity contribution is 0.236. The Balaban J connectivity index is 1.76. The van der Waals surface area contributed by atoms with E-state index >= 15 is 0 Å². The van der Waals surface area contributed by atoms with Gasteiger partial charge in [-0.15, -0.1) is 0 Å². The van der Waals surface area contributed by atoms with Gasteiger partial charge in [-0.3, -0.25) is 0 Å². The minimum absolute atomic E-state index is 0.878. The van der Waals surface area contributed by atoms with Crippen LogP contribution in [-0.2, 0) is 0 Å². The average Bonchev–Trinajstić information content (AvgIpc) is 2.70. The highest BCUT2D eigenvalue weighted by Gasteiger charge is 2.29. The maximum Gasteiger partial charge on any atom is 0.00953 e. The van der Waals surface area contributed by atoms with Gasteiger partial charge < -0.3 is 10.6 Å². The van der Waals surface area contributed by atoms with Crippen LogP contribution in [-0.4, -0.2) is 30.6 Å². The fraction of sp³-hybridized carbons (Fsp3) is 1.00. The van der Waals surface area contributed by atoms with Crippen molar-refractivity contribution in [2.24, 2.45) is 11.7 Å². The van der Waals surface area contributed by atoms with Crippen LogP contribution in [0.5, 0.6) is 0 Å². The minimum atomic E-state index is 0.878. The first-order valence-electron chi connectivity index (χ1n) is 5.84. The van der Waals surface area contributed by atoms with Crippen molar-refractivity contribution >= 4 is 0 Å². The highest BCUT2D eigenvalue weighted by Crippen LogP contribution is 2.29. The summed E-state index contributed by atoms with van der Waals surface area (Å²) in [5.41, 5.74) is 5.59. The summed E-state index contributed by atoms with van der Waals surface area (Å²) in [7, 11) is 0. The molecule has 0 aromatic carbocycles. The van der Waals surface area contributed by atoms with Crippen molar-refractivity contribution in [3.8, 4) is 0 Å². The van der Waals surface area contributed by atoms with E-state index in [2.05, 4.69) is 4.90 Å². The van der Waals surface area contributed by atoms with Crippen LogP contribution in [0.3, 0.4) is 0 Å². The quantitative estimate of drug-likeness (QED) is 0.718. The zero-order valence-corrected chi connectivity index (χ0v) is 8.54. The maximum atomic E-state index is 5.59. The molecule has 1 saturated carbocycles. The normalized spacial score (nSPS) is 31.6. The molecule has 1 aliphatic heterocycles. The standard InChI is InChI=1S/C11H22N2/c12-7-5-10-6-8-13(9-10)11-3-1-2-4-11/h10-11H,1-9,12H2. The summed E-state index contributed by atoms with van der Waals surface area (Å²) >= 11 is 0. The lowest BCUT2D eigenvalue weighted by Gasteiger charge is -2.23. The fourth-order valence-electron chi connectivity index (χ4n) is 2.93. The number of rotatable bonds is 3. The summed E-state index contributed by atoms with van der Waals surface area (Å²) in [6, 6.07) is 0.933. The number of hydrogen-bond acceptors (Lipinski definition) is 2. The van der Waals surface area contributed by atoms with Gasteiger partial charge in [0.05, 0.1) is 0 Å². The van der Waals surface area contributed by atoms with E-state index < -0.39 is 0 Å². The highest BCUT2D eigenvalue weighted by molar-refractivity contribution is 4.84. The molecule has 2 heteroatoms. The lowest BCUT2D eigenvalue weighted by Crippen LogP contribution is -2.31. The topological polar surface area (TPSA) is 29.3 Å². The molecule has 2 aliphatic rings. The van der Waals surface area contributed by atoms with E-state index in [1.807, 2.05) is 0 Å². The third kappa shape index (κ3) is 2.23. The smallest absolute Gasteiger partial charge is 0.00953 e. The van der Waals surface area contributed by atoms with Gasteiger partial charge in [-0.1, -0.05) is 12.8 Å². The molecule has 13 heavy (non-hydrogen) atoms. The minimum Gasteiger partial charge on any atom is -0.330 e. The van der Waals surface area contributed by atoms with Gasteiger partial charge in [-0.2, -0.15) is 0 Å². The van der Waals surface area contributed by atoms with E-state index in [-0.39, 0.29) is 0 Å². The molecule has 0 bridgehead atoms. The Bertz CT molecular complexity index is 152. The van der Waals surface area contributed by atoms with Crippen LogP contribution in [0.15, 0.2) is 0 Å². The molecule has 2 fully saturated rings. The Morgan fingerprint density at radius 2 is 1.92 bits per heavy atom. The van der Waals surface area contributed by atoms with E-state index in [4.69, 9.17) is 5.73 Å². The predicted octanol–water partition coefficient (Wildman–Crippen LogP) is 1.60. The summed E-state index contributed by atoms with van der Waals surface area (Å²) in [5.74, 6) is 0.908. The SMILES string of the molecule is NCCC1CCN(C2CCCC2)C1. The molecule has 1 heterocycles. The summed E-state index contributed by atoms with van der Waals surface area (Å²) in [4.78, 5) is 2.72. The van der Waals surface area contributed by atoms with Crippen LogP contribution in [0.1, 0.15) is 38.5 Å². The van der Waals surface area contributed by atoms with E-state index in [1.54, 1.807) is 0 Å². The second kappa shape index (κ2) is 4.43. The summed E-state index contributed by atoms with van der Waals surface area (Å²) in [6.07, 6.45) is 8.47. The molecule has 0 aromatic heterocycles. The largest absolute Gasteiger partial charge is 0.330 e. The Kier molecular flexibility index (Phi) is 3.23. The summed E-state index contributed by atoms with van der Waals surface area (Å²) < 4.78 is 0. The summed E-state index contributed by atoms with van der Waals surface area (Å²) in [5, 5.41) is 0. The third-order valence-electron chi connectivity index (χ3n) is 3.73. The van der Waals surface area contributed by atoms with Gasteiger partial charge >= 0.3 is 0 Å². The van der Waals surface area contributed by atoms with Gasteiger partial charge in [0, 0.05) is 12.6 Å². The number of likely N-dealkylation sites (tertiary alicyclic amines) is 1. The molecule has 1 atom stereocenters. The predicted molar refractivity (Wildman–Crippen MR) is 55.6 cm³/mol.